The summed E-state index contributed by atoms with van der Waals surface area (Å²) in [4.78, 5) is 8.17. The lowest BCUT2D eigenvalue weighted by Crippen LogP contribution is -2.12. The molecule has 0 amide bonds. The van der Waals surface area contributed by atoms with Gasteiger partial charge in [0, 0.05) is 37.6 Å². The molecule has 2 heterocycles. The van der Waals surface area contributed by atoms with E-state index < -0.39 is 0 Å². The number of nitrogens with one attached hydrogen (secondary N) is 1. The molecule has 0 aliphatic rings. The van der Waals surface area contributed by atoms with Gasteiger partial charge in [-0.05, 0) is 0 Å². The summed E-state index contributed by atoms with van der Waals surface area (Å²) in [6, 6.07) is 0. The molecule has 82 valence electrons. The zero-order valence-electron chi connectivity index (χ0n) is 8.88. The standard InChI is InChI=1S/C10H12N6/c1-16-6-7(4-9(11)12)10(15-16)8-5-13-2-3-14-8/h2-3,5-6H,4H2,1H3,(H3,11,12). The van der Waals surface area contributed by atoms with Gasteiger partial charge in [-0.3, -0.25) is 20.1 Å². The number of amidine groups is 1. The van der Waals surface area contributed by atoms with Crippen molar-refractivity contribution in [2.45, 2.75) is 6.42 Å². The largest absolute Gasteiger partial charge is 0.387 e. The summed E-state index contributed by atoms with van der Waals surface area (Å²) in [6.45, 7) is 0. The summed E-state index contributed by atoms with van der Waals surface area (Å²) < 4.78 is 1.68. The zero-order chi connectivity index (χ0) is 11.5. The van der Waals surface area contributed by atoms with Gasteiger partial charge in [-0.2, -0.15) is 5.10 Å². The molecule has 0 aliphatic heterocycles. The molecule has 6 heteroatoms. The maximum Gasteiger partial charge on any atom is 0.116 e. The topological polar surface area (TPSA) is 93.5 Å². The molecule has 16 heavy (non-hydrogen) atoms. The van der Waals surface area contributed by atoms with E-state index in [1.807, 2.05) is 13.2 Å². The van der Waals surface area contributed by atoms with Crippen LogP contribution in [0.25, 0.3) is 11.4 Å². The molecular formula is C10H12N6. The van der Waals surface area contributed by atoms with E-state index in [4.69, 9.17) is 11.1 Å². The van der Waals surface area contributed by atoms with Crippen molar-refractivity contribution >= 4 is 5.84 Å². The first-order valence-electron chi connectivity index (χ1n) is 4.78. The van der Waals surface area contributed by atoms with Crippen LogP contribution in [0.4, 0.5) is 0 Å². The summed E-state index contributed by atoms with van der Waals surface area (Å²) in [6.07, 6.45) is 7.08. The highest BCUT2D eigenvalue weighted by molar-refractivity contribution is 5.81. The Morgan fingerprint density at radius 3 is 2.94 bits per heavy atom. The molecule has 0 atom stereocenters. The highest BCUT2D eigenvalue weighted by Gasteiger charge is 2.11. The molecular weight excluding hydrogens is 204 g/mol. The summed E-state index contributed by atoms with van der Waals surface area (Å²) in [5, 5.41) is 11.6. The van der Waals surface area contributed by atoms with Crippen LogP contribution in [0, 0.1) is 5.41 Å². The van der Waals surface area contributed by atoms with Crippen LogP contribution in [0.1, 0.15) is 5.56 Å². The first kappa shape index (κ1) is 10.3. The van der Waals surface area contributed by atoms with Crippen molar-refractivity contribution in [1.82, 2.24) is 19.7 Å². The molecule has 2 rings (SSSR count). The minimum atomic E-state index is 0.109. The molecule has 0 aliphatic carbocycles. The summed E-state index contributed by atoms with van der Waals surface area (Å²) in [7, 11) is 1.82. The number of rotatable bonds is 3. The normalized spacial score (nSPS) is 10.3. The number of aryl methyl sites for hydroxylation is 1. The average Bonchev–Trinajstić information content (AvgIpc) is 2.60. The minimum absolute atomic E-state index is 0.109. The second-order valence-electron chi connectivity index (χ2n) is 3.47. The van der Waals surface area contributed by atoms with Gasteiger partial charge in [-0.1, -0.05) is 0 Å². The Balaban J connectivity index is 2.44. The van der Waals surface area contributed by atoms with E-state index in [1.165, 1.54) is 0 Å². The van der Waals surface area contributed by atoms with E-state index in [1.54, 1.807) is 23.3 Å². The Morgan fingerprint density at radius 1 is 1.50 bits per heavy atom. The molecule has 0 aromatic carbocycles. The van der Waals surface area contributed by atoms with E-state index >= 15 is 0 Å². The lowest BCUT2D eigenvalue weighted by atomic mass is 10.1. The highest BCUT2D eigenvalue weighted by Crippen LogP contribution is 2.18. The van der Waals surface area contributed by atoms with E-state index in [0.29, 0.717) is 12.1 Å². The van der Waals surface area contributed by atoms with Gasteiger partial charge >= 0.3 is 0 Å². The summed E-state index contributed by atoms with van der Waals surface area (Å²) in [5.41, 5.74) is 7.70. The minimum Gasteiger partial charge on any atom is -0.387 e. The monoisotopic (exact) mass is 216 g/mol. The molecule has 0 fully saturated rings. The van der Waals surface area contributed by atoms with Crippen LogP contribution in [0.3, 0.4) is 0 Å². The molecule has 2 aromatic heterocycles. The van der Waals surface area contributed by atoms with E-state index in [-0.39, 0.29) is 5.84 Å². The van der Waals surface area contributed by atoms with Gasteiger partial charge in [-0.15, -0.1) is 0 Å². The third-order valence-corrected chi connectivity index (χ3v) is 2.09. The summed E-state index contributed by atoms with van der Waals surface area (Å²) >= 11 is 0. The molecule has 0 radical (unpaired) electrons. The van der Waals surface area contributed by atoms with Crippen LogP contribution < -0.4 is 5.73 Å². The van der Waals surface area contributed by atoms with Crippen molar-refractivity contribution in [2.75, 3.05) is 0 Å². The van der Waals surface area contributed by atoms with Crippen LogP contribution in [0.15, 0.2) is 24.8 Å². The van der Waals surface area contributed by atoms with Gasteiger partial charge in [0.25, 0.3) is 0 Å². The fourth-order valence-corrected chi connectivity index (χ4v) is 1.51. The highest BCUT2D eigenvalue weighted by atomic mass is 15.3. The van der Waals surface area contributed by atoms with E-state index in [9.17, 15) is 0 Å². The average molecular weight is 216 g/mol. The number of hydrogen-bond acceptors (Lipinski definition) is 4. The first-order valence-corrected chi connectivity index (χ1v) is 4.78. The SMILES string of the molecule is Cn1cc(CC(=N)N)c(-c2cnccn2)n1. The van der Waals surface area contributed by atoms with Gasteiger partial charge in [0.1, 0.15) is 11.4 Å². The Kier molecular flexibility index (Phi) is 2.63. The predicted molar refractivity (Wildman–Crippen MR) is 59.9 cm³/mol. The van der Waals surface area contributed by atoms with Crippen molar-refractivity contribution in [3.05, 3.63) is 30.4 Å². The van der Waals surface area contributed by atoms with E-state index in [2.05, 4.69) is 15.1 Å². The molecule has 0 bridgehead atoms. The third kappa shape index (κ3) is 2.05. The molecule has 0 saturated carbocycles. The fraction of sp³-hybridized carbons (Fsp3) is 0.200. The van der Waals surface area contributed by atoms with Crippen LogP contribution in [0.2, 0.25) is 0 Å². The van der Waals surface area contributed by atoms with Gasteiger partial charge in [0.2, 0.25) is 0 Å². The van der Waals surface area contributed by atoms with Crippen molar-refractivity contribution in [1.29, 1.82) is 5.41 Å². The number of nitrogens with two attached hydrogens (primary N) is 1. The van der Waals surface area contributed by atoms with Crippen LogP contribution in [-0.2, 0) is 13.5 Å². The van der Waals surface area contributed by atoms with Gasteiger partial charge in [0.05, 0.1) is 12.0 Å². The smallest absolute Gasteiger partial charge is 0.116 e. The summed E-state index contributed by atoms with van der Waals surface area (Å²) in [5.74, 6) is 0.109. The molecule has 0 unspecified atom stereocenters. The maximum absolute atomic E-state index is 7.30. The lowest BCUT2D eigenvalue weighted by Gasteiger charge is -1.99. The van der Waals surface area contributed by atoms with Crippen molar-refractivity contribution < 1.29 is 0 Å². The zero-order valence-corrected chi connectivity index (χ0v) is 8.88. The van der Waals surface area contributed by atoms with E-state index in [0.717, 1.165) is 11.3 Å². The van der Waals surface area contributed by atoms with Crippen LogP contribution >= 0.6 is 0 Å². The van der Waals surface area contributed by atoms with Crippen LogP contribution in [-0.4, -0.2) is 25.6 Å². The Bertz CT molecular complexity index is 501. The Hall–Kier alpha value is -2.24. The molecule has 0 saturated heterocycles. The van der Waals surface area contributed by atoms with Crippen molar-refractivity contribution in [3.8, 4) is 11.4 Å². The number of aromatic nitrogens is 4. The van der Waals surface area contributed by atoms with Gasteiger partial charge in [-0.25, -0.2) is 0 Å². The second-order valence-corrected chi connectivity index (χ2v) is 3.47. The van der Waals surface area contributed by atoms with Crippen molar-refractivity contribution in [2.24, 2.45) is 12.8 Å². The molecule has 6 nitrogen and oxygen atoms in total. The molecule has 3 N–H and O–H groups in total. The number of hydrogen-bond donors (Lipinski definition) is 2. The van der Waals surface area contributed by atoms with Crippen molar-refractivity contribution in [3.63, 3.8) is 0 Å². The lowest BCUT2D eigenvalue weighted by molar-refractivity contribution is 0.769. The van der Waals surface area contributed by atoms with Gasteiger partial charge < -0.3 is 5.73 Å². The quantitative estimate of drug-likeness (QED) is 0.572. The fourth-order valence-electron chi connectivity index (χ4n) is 1.51. The first-order chi connectivity index (χ1) is 7.66. The van der Waals surface area contributed by atoms with Crippen LogP contribution in [0.5, 0.6) is 0 Å². The Labute approximate surface area is 92.7 Å². The molecule has 0 spiro atoms. The van der Waals surface area contributed by atoms with Gasteiger partial charge in [0.15, 0.2) is 0 Å². The maximum atomic E-state index is 7.30. The molecule has 2 aromatic rings. The predicted octanol–water partition coefficient (Wildman–Crippen LogP) is 0.356. The Morgan fingerprint density at radius 2 is 2.31 bits per heavy atom. The number of nitrogens with zero attached hydrogens (tertiary/aromatic N) is 4. The second kappa shape index (κ2) is 4.09. The third-order valence-electron chi connectivity index (χ3n) is 2.09.